The third-order valence-corrected chi connectivity index (χ3v) is 7.90. The molecule has 26 heavy (non-hydrogen) atoms. The third kappa shape index (κ3) is 2.36. The zero-order valence-corrected chi connectivity index (χ0v) is 15.6. The fraction of sp³-hybridized carbons (Fsp3) is 0.350. The van der Waals surface area contributed by atoms with E-state index in [1.807, 2.05) is 25.1 Å². The number of quaternary nitrogens is 1. The van der Waals surface area contributed by atoms with Crippen molar-refractivity contribution in [2.75, 3.05) is 19.6 Å². The second-order valence-corrected chi connectivity index (χ2v) is 9.15. The van der Waals surface area contributed by atoms with Gasteiger partial charge in [-0.05, 0) is 30.5 Å². The predicted octanol–water partition coefficient (Wildman–Crippen LogP) is 2.64. The number of hydrogen-bond donors (Lipinski definition) is 1. The maximum absolute atomic E-state index is 13.8. The number of carbonyl (C=O) groups is 1. The highest BCUT2D eigenvalue weighted by atomic mass is 32.2. The van der Waals surface area contributed by atoms with Crippen LogP contribution in [0.1, 0.15) is 41.0 Å². The van der Waals surface area contributed by atoms with E-state index in [0.29, 0.717) is 25.1 Å². The molecule has 0 aromatic heterocycles. The normalized spacial score (nSPS) is 26.8. The molecule has 136 valence electrons. The van der Waals surface area contributed by atoms with Gasteiger partial charge in [0.25, 0.3) is 0 Å². The van der Waals surface area contributed by atoms with Crippen molar-refractivity contribution in [3.8, 4) is 0 Å². The predicted molar refractivity (Wildman–Crippen MR) is 99.1 cm³/mol. The topological polar surface area (TPSA) is 63.2 Å². The van der Waals surface area contributed by atoms with Crippen LogP contribution in [0.15, 0.2) is 53.4 Å². The van der Waals surface area contributed by atoms with Gasteiger partial charge in [-0.2, -0.15) is 12.3 Å². The average Bonchev–Trinajstić information content (AvgIpc) is 2.66. The molecule has 2 unspecified atom stereocenters. The van der Waals surface area contributed by atoms with Crippen LogP contribution in [-0.4, -0.2) is 37.7 Å². The molecule has 0 amide bonds. The van der Waals surface area contributed by atoms with Crippen LogP contribution in [-0.2, 0) is 16.4 Å². The number of carbonyl (C=O) groups excluding carboxylic acids is 1. The third-order valence-electron chi connectivity index (χ3n) is 5.51. The van der Waals surface area contributed by atoms with Gasteiger partial charge in [-0.15, -0.1) is 0 Å². The maximum atomic E-state index is 13.8. The SMILES string of the molecule is CCC[N+]1(C2NCCc3ccccc32)CC(=O)c2ccccc2S1(=O)=O. The second kappa shape index (κ2) is 6.30. The first kappa shape index (κ1) is 17.4. The number of Topliss-reactive ketones (excluding diaryl/α,β-unsaturated/α-hetero) is 1. The van der Waals surface area contributed by atoms with Crippen molar-refractivity contribution >= 4 is 15.8 Å². The van der Waals surface area contributed by atoms with Crippen molar-refractivity contribution in [1.82, 2.24) is 5.32 Å². The van der Waals surface area contributed by atoms with E-state index in [2.05, 4.69) is 11.4 Å². The Labute approximate surface area is 154 Å². The summed E-state index contributed by atoms with van der Waals surface area (Å²) in [4.78, 5) is 13.1. The van der Waals surface area contributed by atoms with E-state index in [1.165, 1.54) is 0 Å². The van der Waals surface area contributed by atoms with Gasteiger partial charge < -0.3 is 0 Å². The van der Waals surface area contributed by atoms with E-state index in [-0.39, 0.29) is 21.1 Å². The van der Waals surface area contributed by atoms with Crippen LogP contribution in [0.25, 0.3) is 0 Å². The first-order chi connectivity index (χ1) is 12.5. The smallest absolute Gasteiger partial charge is 0.288 e. The Morgan fingerprint density at radius 2 is 1.85 bits per heavy atom. The van der Waals surface area contributed by atoms with Gasteiger partial charge in [-0.1, -0.05) is 43.3 Å². The Kier molecular flexibility index (Phi) is 4.22. The minimum Gasteiger partial charge on any atom is -0.288 e. The molecule has 2 heterocycles. The minimum atomic E-state index is -3.73. The number of fused-ring (bicyclic) bond motifs is 2. The molecule has 2 atom stereocenters. The first-order valence-corrected chi connectivity index (χ1v) is 10.5. The Bertz CT molecular complexity index is 971. The van der Waals surface area contributed by atoms with Crippen LogP contribution in [0.2, 0.25) is 0 Å². The van der Waals surface area contributed by atoms with Crippen LogP contribution in [0.5, 0.6) is 0 Å². The molecule has 0 aliphatic carbocycles. The largest absolute Gasteiger partial charge is 0.329 e. The molecule has 0 radical (unpaired) electrons. The number of nitrogens with zero attached hydrogens (tertiary/aromatic N) is 1. The van der Waals surface area contributed by atoms with Crippen molar-refractivity contribution in [1.29, 1.82) is 0 Å². The van der Waals surface area contributed by atoms with Gasteiger partial charge >= 0.3 is 10.0 Å². The van der Waals surface area contributed by atoms with Crippen molar-refractivity contribution in [2.24, 2.45) is 0 Å². The highest BCUT2D eigenvalue weighted by Crippen LogP contribution is 2.42. The van der Waals surface area contributed by atoms with Crippen molar-refractivity contribution in [3.63, 3.8) is 0 Å². The van der Waals surface area contributed by atoms with E-state index in [1.54, 1.807) is 24.3 Å². The molecular formula is C20H23N2O3S+. The molecule has 2 aliphatic rings. The molecule has 0 bridgehead atoms. The van der Waals surface area contributed by atoms with Crippen molar-refractivity contribution < 1.29 is 17.1 Å². The molecule has 1 N–H and O–H groups in total. The molecule has 2 aromatic carbocycles. The first-order valence-electron chi connectivity index (χ1n) is 9.06. The van der Waals surface area contributed by atoms with Gasteiger partial charge in [0.15, 0.2) is 12.7 Å². The molecular weight excluding hydrogens is 348 g/mol. The Hall–Kier alpha value is -2.02. The lowest BCUT2D eigenvalue weighted by molar-refractivity contribution is -0.836. The minimum absolute atomic E-state index is 0.0286. The lowest BCUT2D eigenvalue weighted by Crippen LogP contribution is -2.64. The monoisotopic (exact) mass is 371 g/mol. The zero-order chi connectivity index (χ0) is 18.4. The number of ketones is 1. The Morgan fingerprint density at radius 3 is 2.65 bits per heavy atom. The van der Waals surface area contributed by atoms with Gasteiger partial charge in [0.1, 0.15) is 4.90 Å². The summed E-state index contributed by atoms with van der Waals surface area (Å²) in [6.45, 7) is 3.04. The molecule has 6 heteroatoms. The summed E-state index contributed by atoms with van der Waals surface area (Å²) >= 11 is 0. The van der Waals surface area contributed by atoms with Gasteiger partial charge in [0.05, 0.1) is 6.54 Å². The van der Waals surface area contributed by atoms with Crippen LogP contribution in [0.3, 0.4) is 0 Å². The summed E-state index contributed by atoms with van der Waals surface area (Å²) < 4.78 is 27.2. The fourth-order valence-corrected chi connectivity index (χ4v) is 6.65. The molecule has 0 saturated heterocycles. The number of benzene rings is 2. The standard InChI is InChI=1S/C20H23N2O3S/c1-2-13-22(20-16-8-4-3-7-15(16)11-12-21-20)14-18(23)17-9-5-6-10-19(17)26(22,24)25/h3-10,20-21H,2,11-14H2,1H3/q+1. The van der Waals surface area contributed by atoms with Gasteiger partial charge in [0, 0.05) is 17.7 Å². The van der Waals surface area contributed by atoms with Crippen LogP contribution >= 0.6 is 0 Å². The lowest BCUT2D eigenvalue weighted by atomic mass is 9.97. The number of nitrogens with one attached hydrogen (secondary N) is 1. The summed E-state index contributed by atoms with van der Waals surface area (Å²) in [7, 11) is -3.73. The van der Waals surface area contributed by atoms with E-state index in [4.69, 9.17) is 0 Å². The number of hydrogen-bond acceptors (Lipinski definition) is 4. The van der Waals surface area contributed by atoms with E-state index in [9.17, 15) is 13.2 Å². The van der Waals surface area contributed by atoms with Gasteiger partial charge in [-0.25, -0.2) is 0 Å². The van der Waals surface area contributed by atoms with Crippen molar-refractivity contribution in [3.05, 3.63) is 65.2 Å². The molecule has 5 nitrogen and oxygen atoms in total. The summed E-state index contributed by atoms with van der Waals surface area (Å²) in [5.41, 5.74) is 2.47. The van der Waals surface area contributed by atoms with E-state index >= 15 is 0 Å². The highest BCUT2D eigenvalue weighted by Gasteiger charge is 2.55. The molecule has 2 aromatic rings. The number of rotatable bonds is 3. The summed E-state index contributed by atoms with van der Waals surface area (Å²) in [5, 5.41) is 3.42. The quantitative estimate of drug-likeness (QED) is 0.843. The van der Waals surface area contributed by atoms with Crippen LogP contribution < -0.4 is 5.32 Å². The maximum Gasteiger partial charge on any atom is 0.329 e. The molecule has 4 rings (SSSR count). The zero-order valence-electron chi connectivity index (χ0n) is 14.8. The highest BCUT2D eigenvalue weighted by molar-refractivity contribution is 7.86. The Balaban J connectivity index is 1.96. The van der Waals surface area contributed by atoms with Crippen LogP contribution in [0, 0.1) is 0 Å². The molecule has 0 fully saturated rings. The van der Waals surface area contributed by atoms with E-state index < -0.39 is 16.2 Å². The molecule has 2 aliphatic heterocycles. The fourth-order valence-electron chi connectivity index (χ4n) is 4.37. The summed E-state index contributed by atoms with van der Waals surface area (Å²) in [6.07, 6.45) is 1.11. The summed E-state index contributed by atoms with van der Waals surface area (Å²) in [5.74, 6) is -0.103. The van der Waals surface area contributed by atoms with Gasteiger partial charge in [-0.3, -0.25) is 10.1 Å². The van der Waals surface area contributed by atoms with E-state index in [0.717, 1.165) is 17.5 Å². The second-order valence-electron chi connectivity index (χ2n) is 7.03. The van der Waals surface area contributed by atoms with Crippen molar-refractivity contribution in [2.45, 2.75) is 30.8 Å². The number of sulfonamides is 1. The molecule has 0 spiro atoms. The summed E-state index contributed by atoms with van der Waals surface area (Å²) in [6, 6.07) is 14.6. The van der Waals surface area contributed by atoms with Crippen LogP contribution in [0.4, 0.5) is 0 Å². The average molecular weight is 371 g/mol. The lowest BCUT2D eigenvalue weighted by Gasteiger charge is -2.46. The Morgan fingerprint density at radius 1 is 1.12 bits per heavy atom. The molecule has 0 saturated carbocycles. The van der Waals surface area contributed by atoms with Gasteiger partial charge in [0.2, 0.25) is 5.78 Å².